The van der Waals surface area contributed by atoms with E-state index >= 15 is 0 Å². The highest BCUT2D eigenvalue weighted by atomic mass is 19.1. The van der Waals surface area contributed by atoms with E-state index in [0.717, 1.165) is 24.8 Å². The number of benzene rings is 2. The number of halogens is 2. The van der Waals surface area contributed by atoms with E-state index in [9.17, 15) is 8.78 Å². The van der Waals surface area contributed by atoms with Gasteiger partial charge in [0.1, 0.15) is 11.6 Å². The highest BCUT2D eigenvalue weighted by Gasteiger charge is 2.20. The van der Waals surface area contributed by atoms with Gasteiger partial charge in [-0.05, 0) is 48.1 Å². The van der Waals surface area contributed by atoms with Crippen LogP contribution < -0.4 is 5.73 Å². The fourth-order valence-electron chi connectivity index (χ4n) is 2.76. The van der Waals surface area contributed by atoms with Crippen LogP contribution in [0.4, 0.5) is 8.78 Å². The van der Waals surface area contributed by atoms with Crippen molar-refractivity contribution in [2.45, 2.75) is 25.3 Å². The lowest BCUT2D eigenvalue weighted by Gasteiger charge is -2.15. The van der Waals surface area contributed by atoms with E-state index in [-0.39, 0.29) is 5.56 Å². The Kier molecular flexibility index (Phi) is 3.07. The van der Waals surface area contributed by atoms with Crippen molar-refractivity contribution >= 4 is 0 Å². The molecule has 0 heterocycles. The Hall–Kier alpha value is -1.74. The van der Waals surface area contributed by atoms with Crippen LogP contribution in [0.25, 0.3) is 0 Å². The van der Waals surface area contributed by atoms with Gasteiger partial charge in [0, 0.05) is 5.56 Å². The second kappa shape index (κ2) is 4.74. The molecule has 0 saturated carbocycles. The smallest absolute Gasteiger partial charge is 0.131 e. The van der Waals surface area contributed by atoms with Crippen LogP contribution in [0.2, 0.25) is 0 Å². The summed E-state index contributed by atoms with van der Waals surface area (Å²) in [5.41, 5.74) is 9.32. The van der Waals surface area contributed by atoms with Crippen molar-refractivity contribution in [3.63, 3.8) is 0 Å². The predicted octanol–water partition coefficient (Wildman–Crippen LogP) is 3.50. The molecule has 0 spiro atoms. The first-order valence-corrected chi connectivity index (χ1v) is 6.48. The molecule has 3 heteroatoms. The molecule has 1 aliphatic carbocycles. The lowest BCUT2D eigenvalue weighted by atomic mass is 9.95. The summed E-state index contributed by atoms with van der Waals surface area (Å²) < 4.78 is 27.5. The van der Waals surface area contributed by atoms with Crippen LogP contribution in [0, 0.1) is 11.6 Å². The third-order valence-electron chi connectivity index (χ3n) is 3.79. The summed E-state index contributed by atoms with van der Waals surface area (Å²) in [4.78, 5) is 0. The molecule has 1 aliphatic rings. The van der Waals surface area contributed by atoms with Crippen molar-refractivity contribution in [1.82, 2.24) is 0 Å². The van der Waals surface area contributed by atoms with Crippen molar-refractivity contribution in [3.05, 3.63) is 70.3 Å². The number of aryl methyl sites for hydroxylation is 2. The third kappa shape index (κ3) is 2.15. The minimum atomic E-state index is -0.757. The van der Waals surface area contributed by atoms with E-state index in [1.165, 1.54) is 29.3 Å². The van der Waals surface area contributed by atoms with Gasteiger partial charge in [-0.1, -0.05) is 24.3 Å². The standard InChI is InChI=1S/C16H15F2N/c17-13-5-2-6-14(18)15(13)16(19)12-8-7-10-3-1-4-11(10)9-12/h2,5-9,16H,1,3-4,19H2. The van der Waals surface area contributed by atoms with Gasteiger partial charge in [0.2, 0.25) is 0 Å². The summed E-state index contributed by atoms with van der Waals surface area (Å²) in [7, 11) is 0. The minimum Gasteiger partial charge on any atom is -0.320 e. The lowest BCUT2D eigenvalue weighted by Crippen LogP contribution is -2.16. The molecule has 0 fully saturated rings. The topological polar surface area (TPSA) is 26.0 Å². The molecule has 1 nitrogen and oxygen atoms in total. The minimum absolute atomic E-state index is 0.0551. The largest absolute Gasteiger partial charge is 0.320 e. The molecular formula is C16H15F2N. The van der Waals surface area contributed by atoms with Crippen LogP contribution in [-0.2, 0) is 12.8 Å². The first-order chi connectivity index (χ1) is 9.16. The van der Waals surface area contributed by atoms with Crippen LogP contribution in [0.15, 0.2) is 36.4 Å². The number of fused-ring (bicyclic) bond motifs is 1. The third-order valence-corrected chi connectivity index (χ3v) is 3.79. The number of nitrogens with two attached hydrogens (primary N) is 1. The Labute approximate surface area is 111 Å². The normalized spacial score (nSPS) is 15.3. The molecule has 2 N–H and O–H groups in total. The summed E-state index contributed by atoms with van der Waals surface area (Å²) in [5.74, 6) is -1.18. The van der Waals surface area contributed by atoms with Crippen LogP contribution in [0.5, 0.6) is 0 Å². The molecule has 98 valence electrons. The molecule has 0 radical (unpaired) electrons. The monoisotopic (exact) mass is 259 g/mol. The first kappa shape index (κ1) is 12.3. The van der Waals surface area contributed by atoms with Crippen molar-refractivity contribution in [2.24, 2.45) is 5.73 Å². The van der Waals surface area contributed by atoms with Gasteiger partial charge in [0.15, 0.2) is 0 Å². The summed E-state index contributed by atoms with van der Waals surface area (Å²) in [6.45, 7) is 0. The number of rotatable bonds is 2. The Morgan fingerprint density at radius 2 is 1.63 bits per heavy atom. The van der Waals surface area contributed by atoms with Gasteiger partial charge < -0.3 is 5.73 Å². The molecule has 2 aromatic carbocycles. The Morgan fingerprint density at radius 1 is 0.947 bits per heavy atom. The van der Waals surface area contributed by atoms with E-state index < -0.39 is 17.7 Å². The molecule has 2 aromatic rings. The maximum Gasteiger partial charge on any atom is 0.131 e. The van der Waals surface area contributed by atoms with Gasteiger partial charge >= 0.3 is 0 Å². The summed E-state index contributed by atoms with van der Waals surface area (Å²) >= 11 is 0. The maximum absolute atomic E-state index is 13.7. The van der Waals surface area contributed by atoms with E-state index in [0.29, 0.717) is 0 Å². The first-order valence-electron chi connectivity index (χ1n) is 6.48. The highest BCUT2D eigenvalue weighted by Crippen LogP contribution is 2.29. The molecule has 0 aliphatic heterocycles. The van der Waals surface area contributed by atoms with E-state index in [2.05, 4.69) is 0 Å². The zero-order valence-electron chi connectivity index (χ0n) is 10.5. The van der Waals surface area contributed by atoms with Gasteiger partial charge in [-0.15, -0.1) is 0 Å². The molecule has 19 heavy (non-hydrogen) atoms. The number of hydrogen-bond donors (Lipinski definition) is 1. The zero-order chi connectivity index (χ0) is 13.4. The SMILES string of the molecule is NC(c1ccc2c(c1)CCC2)c1c(F)cccc1F. The van der Waals surface area contributed by atoms with Crippen molar-refractivity contribution in [2.75, 3.05) is 0 Å². The summed E-state index contributed by atoms with van der Waals surface area (Å²) in [6, 6.07) is 8.96. The summed E-state index contributed by atoms with van der Waals surface area (Å²) in [5, 5.41) is 0. The van der Waals surface area contributed by atoms with E-state index in [1.807, 2.05) is 18.2 Å². The Bertz CT molecular complexity index is 602. The van der Waals surface area contributed by atoms with Crippen LogP contribution in [0.1, 0.15) is 34.7 Å². The maximum atomic E-state index is 13.7. The zero-order valence-corrected chi connectivity index (χ0v) is 10.5. The molecule has 0 aromatic heterocycles. The van der Waals surface area contributed by atoms with Gasteiger partial charge in [-0.3, -0.25) is 0 Å². The molecule has 0 amide bonds. The van der Waals surface area contributed by atoms with Crippen LogP contribution >= 0.6 is 0 Å². The fraction of sp³-hybridized carbons (Fsp3) is 0.250. The predicted molar refractivity (Wildman–Crippen MR) is 70.9 cm³/mol. The van der Waals surface area contributed by atoms with Gasteiger partial charge in [-0.2, -0.15) is 0 Å². The average molecular weight is 259 g/mol. The second-order valence-electron chi connectivity index (χ2n) is 4.99. The highest BCUT2D eigenvalue weighted by molar-refractivity contribution is 5.40. The molecule has 1 unspecified atom stereocenters. The van der Waals surface area contributed by atoms with Crippen molar-refractivity contribution in [3.8, 4) is 0 Å². The quantitative estimate of drug-likeness (QED) is 0.877. The number of hydrogen-bond acceptors (Lipinski definition) is 1. The molecule has 3 rings (SSSR count). The van der Waals surface area contributed by atoms with Crippen LogP contribution in [0.3, 0.4) is 0 Å². The van der Waals surface area contributed by atoms with E-state index in [1.54, 1.807) is 0 Å². The lowest BCUT2D eigenvalue weighted by molar-refractivity contribution is 0.543. The van der Waals surface area contributed by atoms with Gasteiger partial charge in [-0.25, -0.2) is 8.78 Å². The molecule has 0 saturated heterocycles. The van der Waals surface area contributed by atoms with Crippen LogP contribution in [-0.4, -0.2) is 0 Å². The van der Waals surface area contributed by atoms with Crippen molar-refractivity contribution in [1.29, 1.82) is 0 Å². The Morgan fingerprint density at radius 3 is 2.37 bits per heavy atom. The van der Waals surface area contributed by atoms with Gasteiger partial charge in [0.25, 0.3) is 0 Å². The van der Waals surface area contributed by atoms with Crippen molar-refractivity contribution < 1.29 is 8.78 Å². The molecular weight excluding hydrogens is 244 g/mol. The Balaban J connectivity index is 2.02. The van der Waals surface area contributed by atoms with E-state index in [4.69, 9.17) is 5.73 Å². The second-order valence-corrected chi connectivity index (χ2v) is 4.99. The average Bonchev–Trinajstić information content (AvgIpc) is 2.85. The molecule has 1 atom stereocenters. The fourth-order valence-corrected chi connectivity index (χ4v) is 2.76. The molecule has 0 bridgehead atoms. The van der Waals surface area contributed by atoms with Gasteiger partial charge in [0.05, 0.1) is 6.04 Å². The summed E-state index contributed by atoms with van der Waals surface area (Å²) in [6.07, 6.45) is 3.25.